The second-order valence-electron chi connectivity index (χ2n) is 5.70. The van der Waals surface area contributed by atoms with E-state index >= 15 is 0 Å². The molecule has 0 fully saturated rings. The second kappa shape index (κ2) is 10.5. The van der Waals surface area contributed by atoms with Crippen LogP contribution in [0.5, 0.6) is 0 Å². The Bertz CT molecular complexity index is 964. The van der Waals surface area contributed by atoms with E-state index in [4.69, 9.17) is 10.2 Å². The molecule has 0 aliphatic carbocycles. The first-order valence-electron chi connectivity index (χ1n) is 8.53. The molecule has 0 amide bonds. The molecule has 0 saturated heterocycles. The third-order valence-electron chi connectivity index (χ3n) is 3.61. The number of nitrogens with zero attached hydrogens (tertiary/aromatic N) is 6. The minimum Gasteiger partial charge on any atom is -0.481 e. The molecule has 0 spiro atoms. The smallest absolute Gasteiger partial charge is 0.481 e. The Balaban J connectivity index is 2.00. The van der Waals surface area contributed by atoms with Crippen molar-refractivity contribution in [1.82, 2.24) is 4.57 Å². The Morgan fingerprint density at radius 1 is 1.14 bits per heavy atom. The van der Waals surface area contributed by atoms with Crippen molar-refractivity contribution in [2.24, 2.45) is 20.4 Å². The number of pyridine rings is 2. The van der Waals surface area contributed by atoms with Crippen molar-refractivity contribution in [3.63, 3.8) is 0 Å². The molecule has 0 radical (unpaired) electrons. The summed E-state index contributed by atoms with van der Waals surface area (Å²) in [6.07, 6.45) is 2.54. The number of carboxylic acids is 1. The average molecular weight is 385 g/mol. The van der Waals surface area contributed by atoms with E-state index in [2.05, 4.69) is 20.4 Å². The molecule has 0 unspecified atom stereocenters. The summed E-state index contributed by atoms with van der Waals surface area (Å²) in [6.45, 7) is 2.22. The zero-order valence-corrected chi connectivity index (χ0v) is 15.3. The van der Waals surface area contributed by atoms with Crippen LogP contribution in [0.15, 0.2) is 69.2 Å². The van der Waals surface area contributed by atoms with Gasteiger partial charge in [0, 0.05) is 24.9 Å². The first-order chi connectivity index (χ1) is 13.5. The summed E-state index contributed by atoms with van der Waals surface area (Å²) < 4.78 is 2.82. The van der Waals surface area contributed by atoms with Crippen LogP contribution in [0.2, 0.25) is 0 Å². The third kappa shape index (κ3) is 6.56. The van der Waals surface area contributed by atoms with Crippen LogP contribution in [-0.4, -0.2) is 39.2 Å². The predicted molar refractivity (Wildman–Crippen MR) is 98.8 cm³/mol. The maximum Gasteiger partial charge on any atom is 0.599 e. The van der Waals surface area contributed by atoms with Gasteiger partial charge in [-0.1, -0.05) is 16.7 Å². The van der Waals surface area contributed by atoms with E-state index in [0.29, 0.717) is 30.0 Å². The van der Waals surface area contributed by atoms with Crippen LogP contribution < -0.4 is 10.1 Å². The Morgan fingerprint density at radius 2 is 1.93 bits per heavy atom. The Hall–Kier alpha value is -3.69. The van der Waals surface area contributed by atoms with Gasteiger partial charge in [0.1, 0.15) is 0 Å². The number of amidine groups is 1. The summed E-state index contributed by atoms with van der Waals surface area (Å²) in [5, 5.41) is 33.9. The lowest BCUT2D eigenvalue weighted by Gasteiger charge is -2.03. The van der Waals surface area contributed by atoms with Crippen molar-refractivity contribution in [3.05, 3.63) is 60.0 Å². The highest BCUT2D eigenvalue weighted by molar-refractivity contribution is 5.79. The van der Waals surface area contributed by atoms with Crippen LogP contribution >= 0.6 is 0 Å². The lowest BCUT2D eigenvalue weighted by molar-refractivity contribution is -0.592. The highest BCUT2D eigenvalue weighted by Crippen LogP contribution is 1.95. The lowest BCUT2D eigenvalue weighted by Crippen LogP contribution is -2.45. The molecular formula is C18H21N6O4+. The first-order valence-corrected chi connectivity index (χ1v) is 8.53. The number of rotatable bonds is 7. The van der Waals surface area contributed by atoms with Crippen LogP contribution in [0, 0.1) is 0 Å². The standard InChI is InChI=1S/C18H20N6O4/c1-14(20-19-10-8-15-6-2-5-12-24(15)18(27)28)21-22-16-7-3-4-11-23(16)13-9-17(25)26/h2-7,11-12H,8-10,13H2,1H3,(H-,25,26,27,28)/p+1. The van der Waals surface area contributed by atoms with E-state index in [1.165, 1.54) is 6.20 Å². The van der Waals surface area contributed by atoms with Crippen LogP contribution in [0.4, 0.5) is 4.79 Å². The van der Waals surface area contributed by atoms with E-state index in [-0.39, 0.29) is 13.0 Å². The number of carboxylic acid groups (broad SMARTS) is 2. The number of carbonyl (C=O) groups is 2. The predicted octanol–water partition coefficient (Wildman–Crippen LogP) is 1.71. The minimum atomic E-state index is -1.05. The van der Waals surface area contributed by atoms with Crippen molar-refractivity contribution in [2.45, 2.75) is 26.3 Å². The van der Waals surface area contributed by atoms with Gasteiger partial charge in [0.25, 0.3) is 0 Å². The van der Waals surface area contributed by atoms with Crippen molar-refractivity contribution in [2.75, 3.05) is 6.54 Å². The molecule has 10 heteroatoms. The second-order valence-corrected chi connectivity index (χ2v) is 5.70. The van der Waals surface area contributed by atoms with Crippen LogP contribution in [-0.2, 0) is 17.8 Å². The van der Waals surface area contributed by atoms with Crippen molar-refractivity contribution < 1.29 is 24.4 Å². The van der Waals surface area contributed by atoms with Gasteiger partial charge in [-0.15, -0.1) is 15.3 Å². The monoisotopic (exact) mass is 385 g/mol. The summed E-state index contributed by atoms with van der Waals surface area (Å²) in [4.78, 5) is 21.9. The molecule has 2 rings (SSSR count). The fourth-order valence-corrected chi connectivity index (χ4v) is 2.29. The normalized spacial score (nSPS) is 12.5. The topological polar surface area (TPSA) is 133 Å². The maximum absolute atomic E-state index is 11.1. The van der Waals surface area contributed by atoms with Gasteiger partial charge in [-0.2, -0.15) is 9.91 Å². The van der Waals surface area contributed by atoms with Gasteiger partial charge >= 0.3 is 12.1 Å². The summed E-state index contributed by atoms with van der Waals surface area (Å²) in [6, 6.07) is 10.4. The highest BCUT2D eigenvalue weighted by Gasteiger charge is 2.16. The van der Waals surface area contributed by atoms with Gasteiger partial charge < -0.3 is 14.8 Å². The van der Waals surface area contributed by atoms with Gasteiger partial charge in [0.2, 0.25) is 0 Å². The fraction of sp³-hybridized carbons (Fsp3) is 0.278. The van der Waals surface area contributed by atoms with E-state index in [0.717, 1.165) is 4.57 Å². The number of aryl methyl sites for hydroxylation is 1. The maximum atomic E-state index is 11.1. The van der Waals surface area contributed by atoms with E-state index in [1.54, 1.807) is 54.1 Å². The van der Waals surface area contributed by atoms with Crippen LogP contribution in [0.25, 0.3) is 0 Å². The number of aromatic nitrogens is 2. The highest BCUT2D eigenvalue weighted by atomic mass is 16.4. The van der Waals surface area contributed by atoms with E-state index in [1.807, 2.05) is 0 Å². The molecule has 10 nitrogen and oxygen atoms in total. The van der Waals surface area contributed by atoms with Gasteiger partial charge in [-0.05, 0) is 19.1 Å². The lowest BCUT2D eigenvalue weighted by atomic mass is 10.2. The van der Waals surface area contributed by atoms with Gasteiger partial charge in [-0.25, -0.2) is 0 Å². The molecule has 0 aliphatic rings. The van der Waals surface area contributed by atoms with Crippen molar-refractivity contribution in [3.8, 4) is 0 Å². The Labute approximate surface area is 160 Å². The summed E-state index contributed by atoms with van der Waals surface area (Å²) in [7, 11) is 0. The van der Waals surface area contributed by atoms with Gasteiger partial charge in [-0.3, -0.25) is 4.79 Å². The zero-order chi connectivity index (χ0) is 20.4. The quantitative estimate of drug-likeness (QED) is 0.247. The molecule has 2 aromatic heterocycles. The molecular weight excluding hydrogens is 364 g/mol. The third-order valence-corrected chi connectivity index (χ3v) is 3.61. The minimum absolute atomic E-state index is 0.0184. The molecule has 0 bridgehead atoms. The number of hydrogen-bond acceptors (Lipinski definition) is 5. The molecule has 2 heterocycles. The number of azo groups is 1. The first kappa shape index (κ1) is 20.6. The van der Waals surface area contributed by atoms with Crippen LogP contribution in [0.3, 0.4) is 0 Å². The van der Waals surface area contributed by atoms with Gasteiger partial charge in [0.05, 0.1) is 19.4 Å². The van der Waals surface area contributed by atoms with Crippen LogP contribution in [0.1, 0.15) is 19.0 Å². The Kier molecular flexibility index (Phi) is 7.70. The van der Waals surface area contributed by atoms with Crippen molar-refractivity contribution >= 4 is 17.9 Å². The number of aliphatic carboxylic acids is 1. The molecule has 0 aromatic carbocycles. The Morgan fingerprint density at radius 3 is 2.68 bits per heavy atom. The van der Waals surface area contributed by atoms with E-state index in [9.17, 15) is 9.59 Å². The molecule has 2 aromatic rings. The molecule has 146 valence electrons. The van der Waals surface area contributed by atoms with Gasteiger partial charge in [0.15, 0.2) is 23.2 Å². The summed E-state index contributed by atoms with van der Waals surface area (Å²) >= 11 is 0. The molecule has 0 saturated carbocycles. The average Bonchev–Trinajstić information content (AvgIpc) is 2.68. The molecule has 0 aliphatic heterocycles. The molecule has 28 heavy (non-hydrogen) atoms. The fourth-order valence-electron chi connectivity index (χ4n) is 2.29. The molecule has 2 N–H and O–H groups in total. The summed E-state index contributed by atoms with van der Waals surface area (Å²) in [5.74, 6) is -0.564. The van der Waals surface area contributed by atoms with E-state index < -0.39 is 12.1 Å². The number of hydrogen-bond donors (Lipinski definition) is 2. The van der Waals surface area contributed by atoms with Crippen molar-refractivity contribution in [1.29, 1.82) is 0 Å². The largest absolute Gasteiger partial charge is 0.599 e. The SMILES string of the molecule is CC(N=NCCc1cccc[n+]1C(=O)O)=NN=c1ccccn1CCC(=O)O. The molecule has 0 atom stereocenters. The summed E-state index contributed by atoms with van der Waals surface area (Å²) in [5.41, 5.74) is 1.11. The zero-order valence-electron chi connectivity index (χ0n) is 15.3.